The van der Waals surface area contributed by atoms with Crippen LogP contribution in [0.25, 0.3) is 0 Å². The summed E-state index contributed by atoms with van der Waals surface area (Å²) in [6.07, 6.45) is 2.52. The zero-order valence-electron chi connectivity index (χ0n) is 14.6. The van der Waals surface area contributed by atoms with Crippen LogP contribution in [-0.4, -0.2) is 27.4 Å². The number of sulfonamides is 1. The molecule has 0 aromatic heterocycles. The normalized spacial score (nSPS) is 14.6. The van der Waals surface area contributed by atoms with Crippen LogP contribution in [0.1, 0.15) is 24.8 Å². The van der Waals surface area contributed by atoms with Gasteiger partial charge in [0.25, 0.3) is 0 Å². The van der Waals surface area contributed by atoms with Crippen LogP contribution in [0.15, 0.2) is 53.4 Å². The van der Waals surface area contributed by atoms with E-state index in [2.05, 4.69) is 16.6 Å². The number of amides is 1. The number of benzene rings is 2. The fourth-order valence-electron chi connectivity index (χ4n) is 2.78. The lowest BCUT2D eigenvalue weighted by Gasteiger charge is -2.26. The second kappa shape index (κ2) is 8.33. The minimum absolute atomic E-state index is 0.0127. The van der Waals surface area contributed by atoms with Gasteiger partial charge in [0.2, 0.25) is 15.9 Å². The lowest BCUT2D eigenvalue weighted by atomic mass is 10.1. The van der Waals surface area contributed by atoms with E-state index in [0.29, 0.717) is 6.42 Å². The molecule has 0 aliphatic carbocycles. The Kier molecular flexibility index (Phi) is 5.89. The molecule has 0 saturated carbocycles. The summed E-state index contributed by atoms with van der Waals surface area (Å²) < 4.78 is 39.4. The largest absolute Gasteiger partial charge is 0.312 e. The average molecular weight is 386 g/mol. The van der Waals surface area contributed by atoms with E-state index < -0.39 is 15.8 Å². The van der Waals surface area contributed by atoms with Crippen LogP contribution in [0.5, 0.6) is 0 Å². The molecule has 1 aliphatic heterocycles. The van der Waals surface area contributed by atoms with Gasteiger partial charge in [-0.3, -0.25) is 4.79 Å². The van der Waals surface area contributed by atoms with Crippen LogP contribution in [-0.2, 0) is 14.8 Å². The topological polar surface area (TPSA) is 66.5 Å². The van der Waals surface area contributed by atoms with E-state index in [1.807, 2.05) is 12.1 Å². The minimum atomic E-state index is -3.72. The molecule has 140 valence electrons. The van der Waals surface area contributed by atoms with E-state index in [1.54, 1.807) is 17.0 Å². The molecule has 1 saturated heterocycles. The highest BCUT2D eigenvalue weighted by molar-refractivity contribution is 7.89. The maximum absolute atomic E-state index is 12.9. The monoisotopic (exact) mass is 386 g/mol. The third-order valence-corrected chi connectivity index (χ3v) is 5.63. The highest BCUT2D eigenvalue weighted by Gasteiger charge is 2.19. The summed E-state index contributed by atoms with van der Waals surface area (Å²) in [5, 5.41) is 0. The number of hydrogen-bond donors (Lipinski definition) is 1. The molecule has 1 heterocycles. The van der Waals surface area contributed by atoms with Crippen LogP contribution in [0, 0.1) is 17.7 Å². The maximum atomic E-state index is 12.9. The maximum Gasteiger partial charge on any atom is 0.241 e. The van der Waals surface area contributed by atoms with E-state index in [-0.39, 0.29) is 17.3 Å². The summed E-state index contributed by atoms with van der Waals surface area (Å²) in [6, 6.07) is 11.9. The zero-order chi connectivity index (χ0) is 19.3. The van der Waals surface area contributed by atoms with Crippen molar-refractivity contribution in [2.75, 3.05) is 18.0 Å². The van der Waals surface area contributed by atoms with Crippen molar-refractivity contribution in [2.24, 2.45) is 0 Å². The van der Waals surface area contributed by atoms with Gasteiger partial charge >= 0.3 is 0 Å². The molecule has 3 rings (SSSR count). The van der Waals surface area contributed by atoms with Gasteiger partial charge in [-0.15, -0.1) is 0 Å². The number of piperidine rings is 1. The summed E-state index contributed by atoms with van der Waals surface area (Å²) in [5.74, 6) is 5.27. The lowest BCUT2D eigenvalue weighted by Crippen LogP contribution is -2.35. The molecule has 2 aromatic carbocycles. The second-order valence-corrected chi connectivity index (χ2v) is 7.90. The van der Waals surface area contributed by atoms with Crippen molar-refractivity contribution < 1.29 is 17.6 Å². The Morgan fingerprint density at radius 1 is 1.04 bits per heavy atom. The molecule has 0 spiro atoms. The van der Waals surface area contributed by atoms with Gasteiger partial charge in [0, 0.05) is 24.2 Å². The number of carbonyl (C=O) groups excluding carboxylic acids is 1. The van der Waals surface area contributed by atoms with Crippen molar-refractivity contribution in [3.8, 4) is 11.8 Å². The number of rotatable bonds is 4. The second-order valence-electron chi connectivity index (χ2n) is 6.13. The Hall–Kier alpha value is -2.69. The number of nitrogens with one attached hydrogen (secondary N) is 1. The van der Waals surface area contributed by atoms with Gasteiger partial charge in [-0.1, -0.05) is 11.8 Å². The Bertz CT molecular complexity index is 975. The van der Waals surface area contributed by atoms with Gasteiger partial charge in [-0.25, -0.2) is 12.8 Å². The molecule has 1 N–H and O–H groups in total. The molecular weight excluding hydrogens is 367 g/mol. The van der Waals surface area contributed by atoms with Gasteiger partial charge in [0.05, 0.1) is 11.4 Å². The molecular formula is C20H19FN2O3S. The summed E-state index contributed by atoms with van der Waals surface area (Å²) in [7, 11) is -3.72. The van der Waals surface area contributed by atoms with Crippen molar-refractivity contribution in [3.05, 3.63) is 59.9 Å². The molecule has 27 heavy (non-hydrogen) atoms. The highest BCUT2D eigenvalue weighted by atomic mass is 32.2. The fourth-order valence-corrected chi connectivity index (χ4v) is 3.70. The van der Waals surface area contributed by atoms with Crippen molar-refractivity contribution in [2.45, 2.75) is 24.2 Å². The van der Waals surface area contributed by atoms with Crippen LogP contribution in [0.3, 0.4) is 0 Å². The zero-order valence-corrected chi connectivity index (χ0v) is 15.4. The summed E-state index contributed by atoms with van der Waals surface area (Å²) in [5.41, 5.74) is 1.58. The molecule has 5 nitrogen and oxygen atoms in total. The number of anilines is 1. The molecule has 7 heteroatoms. The van der Waals surface area contributed by atoms with Crippen molar-refractivity contribution in [1.82, 2.24) is 4.72 Å². The molecule has 0 bridgehead atoms. The van der Waals surface area contributed by atoms with E-state index in [1.165, 1.54) is 12.1 Å². The predicted molar refractivity (Wildman–Crippen MR) is 101 cm³/mol. The molecule has 0 atom stereocenters. The van der Waals surface area contributed by atoms with Crippen molar-refractivity contribution in [3.63, 3.8) is 0 Å². The summed E-state index contributed by atoms with van der Waals surface area (Å²) in [6.45, 7) is 0.668. The van der Waals surface area contributed by atoms with Crippen LogP contribution in [0.4, 0.5) is 10.1 Å². The Balaban J connectivity index is 1.59. The van der Waals surface area contributed by atoms with Crippen LogP contribution >= 0.6 is 0 Å². The highest BCUT2D eigenvalue weighted by Crippen LogP contribution is 2.21. The first-order chi connectivity index (χ1) is 13.0. The fraction of sp³-hybridized carbons (Fsp3) is 0.250. The standard InChI is InChI=1S/C20H19FN2O3S/c21-17-8-12-19(13-9-17)27(25,26)22-14-3-4-16-6-10-18(11-7-16)23-15-2-1-5-20(23)24/h6-13,22H,1-2,5,14-15H2. The van der Waals surface area contributed by atoms with Gasteiger partial charge in [0.15, 0.2) is 0 Å². The smallest absolute Gasteiger partial charge is 0.241 e. The van der Waals surface area contributed by atoms with E-state index >= 15 is 0 Å². The Morgan fingerprint density at radius 2 is 1.74 bits per heavy atom. The van der Waals surface area contributed by atoms with Gasteiger partial charge < -0.3 is 4.90 Å². The van der Waals surface area contributed by atoms with E-state index in [9.17, 15) is 17.6 Å². The third kappa shape index (κ3) is 4.94. The first kappa shape index (κ1) is 19.1. The molecule has 0 unspecified atom stereocenters. The molecule has 1 fully saturated rings. The predicted octanol–water partition coefficient (Wildman–Crippen LogP) is 2.67. The van der Waals surface area contributed by atoms with Gasteiger partial charge in [-0.05, 0) is 61.4 Å². The van der Waals surface area contributed by atoms with Crippen LogP contribution in [0.2, 0.25) is 0 Å². The number of hydrogen-bond acceptors (Lipinski definition) is 3. The number of carbonyl (C=O) groups is 1. The van der Waals surface area contributed by atoms with Crippen molar-refractivity contribution in [1.29, 1.82) is 0 Å². The SMILES string of the molecule is O=C1CCCCN1c1ccc(C#CCNS(=O)(=O)c2ccc(F)cc2)cc1. The van der Waals surface area contributed by atoms with Gasteiger partial charge in [0.1, 0.15) is 5.82 Å². The first-order valence-electron chi connectivity index (χ1n) is 8.60. The average Bonchev–Trinajstić information content (AvgIpc) is 2.67. The van der Waals surface area contributed by atoms with Gasteiger partial charge in [-0.2, -0.15) is 4.72 Å². The quantitative estimate of drug-likeness (QED) is 0.822. The minimum Gasteiger partial charge on any atom is -0.312 e. The lowest BCUT2D eigenvalue weighted by molar-refractivity contribution is -0.119. The molecule has 2 aromatic rings. The summed E-state index contributed by atoms with van der Waals surface area (Å²) >= 11 is 0. The van der Waals surface area contributed by atoms with E-state index in [4.69, 9.17) is 0 Å². The van der Waals surface area contributed by atoms with Crippen molar-refractivity contribution >= 4 is 21.6 Å². The Labute approximate surface area is 158 Å². The number of nitrogens with zero attached hydrogens (tertiary/aromatic N) is 1. The van der Waals surface area contributed by atoms with Crippen LogP contribution < -0.4 is 9.62 Å². The molecule has 1 aliphatic rings. The van der Waals surface area contributed by atoms with E-state index in [0.717, 1.165) is 42.8 Å². The number of halogens is 1. The first-order valence-corrected chi connectivity index (χ1v) is 10.1. The molecule has 0 radical (unpaired) electrons. The third-order valence-electron chi connectivity index (χ3n) is 4.21. The molecule has 1 amide bonds. The summed E-state index contributed by atoms with van der Waals surface area (Å²) in [4.78, 5) is 13.7. The Morgan fingerprint density at radius 3 is 2.41 bits per heavy atom.